The van der Waals surface area contributed by atoms with Crippen LogP contribution < -0.4 is 5.32 Å². The maximum atomic E-state index is 4.35. The van der Waals surface area contributed by atoms with Gasteiger partial charge in [-0.05, 0) is 44.4 Å². The zero-order valence-corrected chi connectivity index (χ0v) is 11.0. The minimum Gasteiger partial charge on any atom is -0.310 e. The van der Waals surface area contributed by atoms with Crippen molar-refractivity contribution in [3.8, 4) is 5.69 Å². The van der Waals surface area contributed by atoms with E-state index in [9.17, 15) is 0 Å². The van der Waals surface area contributed by atoms with Crippen molar-refractivity contribution in [2.75, 3.05) is 0 Å². The van der Waals surface area contributed by atoms with E-state index in [4.69, 9.17) is 0 Å². The standard InChI is InChI=1S/C15H19N3/c1-11-12(2)18(10-17-11)15-5-3-4-13(8-15)9-16-14-6-7-14/h3-5,8,10,14,16H,6-7,9H2,1-2H3. The van der Waals surface area contributed by atoms with Crippen molar-refractivity contribution in [3.63, 3.8) is 0 Å². The first-order valence-electron chi connectivity index (χ1n) is 6.57. The van der Waals surface area contributed by atoms with Gasteiger partial charge in [0, 0.05) is 24.0 Å². The Morgan fingerprint density at radius 2 is 2.17 bits per heavy atom. The van der Waals surface area contributed by atoms with Crippen LogP contribution in [0.15, 0.2) is 30.6 Å². The Bertz CT molecular complexity index is 553. The van der Waals surface area contributed by atoms with Crippen molar-refractivity contribution in [3.05, 3.63) is 47.5 Å². The predicted molar refractivity (Wildman–Crippen MR) is 72.9 cm³/mol. The van der Waals surface area contributed by atoms with Crippen LogP contribution >= 0.6 is 0 Å². The Morgan fingerprint density at radius 3 is 2.83 bits per heavy atom. The molecule has 0 saturated heterocycles. The Morgan fingerprint density at radius 1 is 1.33 bits per heavy atom. The summed E-state index contributed by atoms with van der Waals surface area (Å²) in [4.78, 5) is 4.35. The second kappa shape index (κ2) is 4.58. The molecule has 1 saturated carbocycles. The van der Waals surface area contributed by atoms with Crippen molar-refractivity contribution in [2.24, 2.45) is 0 Å². The second-order valence-electron chi connectivity index (χ2n) is 5.11. The maximum absolute atomic E-state index is 4.35. The summed E-state index contributed by atoms with van der Waals surface area (Å²) in [5.74, 6) is 0. The fraction of sp³-hybridized carbons (Fsp3) is 0.400. The van der Waals surface area contributed by atoms with E-state index in [1.165, 1.54) is 29.8 Å². The summed E-state index contributed by atoms with van der Waals surface area (Å²) in [6, 6.07) is 9.43. The van der Waals surface area contributed by atoms with Crippen molar-refractivity contribution >= 4 is 0 Å². The molecule has 1 aliphatic rings. The van der Waals surface area contributed by atoms with Crippen molar-refractivity contribution in [1.29, 1.82) is 0 Å². The molecule has 0 bridgehead atoms. The first kappa shape index (κ1) is 11.5. The lowest BCUT2D eigenvalue weighted by atomic mass is 10.2. The van der Waals surface area contributed by atoms with Gasteiger partial charge in [-0.1, -0.05) is 12.1 Å². The number of nitrogens with one attached hydrogen (secondary N) is 1. The molecule has 1 heterocycles. The van der Waals surface area contributed by atoms with Crippen LogP contribution in [0.25, 0.3) is 5.69 Å². The third-order valence-electron chi connectivity index (χ3n) is 3.61. The van der Waals surface area contributed by atoms with Gasteiger partial charge in [0.25, 0.3) is 0 Å². The Labute approximate surface area is 108 Å². The molecule has 1 aliphatic carbocycles. The normalized spacial score (nSPS) is 15.0. The van der Waals surface area contributed by atoms with E-state index in [2.05, 4.69) is 46.1 Å². The van der Waals surface area contributed by atoms with E-state index in [1.54, 1.807) is 0 Å². The van der Waals surface area contributed by atoms with Gasteiger partial charge < -0.3 is 9.88 Å². The van der Waals surface area contributed by atoms with Crippen molar-refractivity contribution in [1.82, 2.24) is 14.9 Å². The molecule has 1 fully saturated rings. The molecule has 0 unspecified atom stereocenters. The van der Waals surface area contributed by atoms with E-state index in [1.807, 2.05) is 13.3 Å². The lowest BCUT2D eigenvalue weighted by Gasteiger charge is -2.08. The number of aromatic nitrogens is 2. The summed E-state index contributed by atoms with van der Waals surface area (Å²) in [7, 11) is 0. The fourth-order valence-electron chi connectivity index (χ4n) is 2.12. The molecule has 0 spiro atoms. The highest BCUT2D eigenvalue weighted by Crippen LogP contribution is 2.20. The molecule has 0 amide bonds. The van der Waals surface area contributed by atoms with E-state index in [0.29, 0.717) is 0 Å². The number of imidazole rings is 1. The first-order valence-corrected chi connectivity index (χ1v) is 6.57. The predicted octanol–water partition coefficient (Wildman–Crippen LogP) is 2.74. The van der Waals surface area contributed by atoms with E-state index >= 15 is 0 Å². The molecule has 0 aliphatic heterocycles. The van der Waals surface area contributed by atoms with Gasteiger partial charge in [-0.2, -0.15) is 0 Å². The smallest absolute Gasteiger partial charge is 0.0997 e. The SMILES string of the molecule is Cc1ncn(-c2cccc(CNC3CC3)c2)c1C. The number of aryl methyl sites for hydroxylation is 1. The molecule has 18 heavy (non-hydrogen) atoms. The number of rotatable bonds is 4. The Balaban J connectivity index is 1.83. The van der Waals surface area contributed by atoms with Gasteiger partial charge in [-0.25, -0.2) is 4.98 Å². The highest BCUT2D eigenvalue weighted by atomic mass is 15.1. The number of hydrogen-bond acceptors (Lipinski definition) is 2. The largest absolute Gasteiger partial charge is 0.310 e. The zero-order valence-electron chi connectivity index (χ0n) is 11.0. The second-order valence-corrected chi connectivity index (χ2v) is 5.11. The Kier molecular flexibility index (Phi) is 2.92. The van der Waals surface area contributed by atoms with Crippen LogP contribution in [0.4, 0.5) is 0 Å². The summed E-state index contributed by atoms with van der Waals surface area (Å²) in [5, 5.41) is 3.55. The average Bonchev–Trinajstić information content (AvgIpc) is 3.15. The molecule has 3 heteroatoms. The van der Waals surface area contributed by atoms with Gasteiger partial charge in [-0.15, -0.1) is 0 Å². The zero-order chi connectivity index (χ0) is 12.5. The molecule has 3 rings (SSSR count). The minimum atomic E-state index is 0.755. The molecular formula is C15H19N3. The molecule has 94 valence electrons. The first-order chi connectivity index (χ1) is 8.74. The Hall–Kier alpha value is -1.61. The quantitative estimate of drug-likeness (QED) is 0.892. The molecule has 3 nitrogen and oxygen atoms in total. The monoisotopic (exact) mass is 241 g/mol. The summed E-state index contributed by atoms with van der Waals surface area (Å²) in [5.41, 5.74) is 4.84. The van der Waals surface area contributed by atoms with Crippen LogP contribution in [0, 0.1) is 13.8 Å². The highest BCUT2D eigenvalue weighted by molar-refractivity contribution is 5.38. The van der Waals surface area contributed by atoms with E-state index in [0.717, 1.165) is 18.3 Å². The van der Waals surface area contributed by atoms with Crippen LogP contribution in [-0.4, -0.2) is 15.6 Å². The number of benzene rings is 1. The van der Waals surface area contributed by atoms with Crippen molar-refractivity contribution < 1.29 is 0 Å². The molecule has 2 aromatic rings. The topological polar surface area (TPSA) is 29.9 Å². The van der Waals surface area contributed by atoms with Crippen LogP contribution in [0.3, 0.4) is 0 Å². The van der Waals surface area contributed by atoms with Crippen molar-refractivity contribution in [2.45, 2.75) is 39.3 Å². The molecule has 0 atom stereocenters. The highest BCUT2D eigenvalue weighted by Gasteiger charge is 2.19. The van der Waals surface area contributed by atoms with E-state index < -0.39 is 0 Å². The minimum absolute atomic E-state index is 0.755. The van der Waals surface area contributed by atoms with Gasteiger partial charge in [-0.3, -0.25) is 0 Å². The summed E-state index contributed by atoms with van der Waals surface area (Å²) < 4.78 is 2.15. The molecule has 1 aromatic carbocycles. The molecular weight excluding hydrogens is 222 g/mol. The van der Waals surface area contributed by atoms with Gasteiger partial charge in [0.2, 0.25) is 0 Å². The van der Waals surface area contributed by atoms with Crippen LogP contribution in [-0.2, 0) is 6.54 Å². The van der Waals surface area contributed by atoms with Crippen LogP contribution in [0.5, 0.6) is 0 Å². The van der Waals surface area contributed by atoms with Crippen LogP contribution in [0.1, 0.15) is 29.8 Å². The van der Waals surface area contributed by atoms with E-state index in [-0.39, 0.29) is 0 Å². The third-order valence-corrected chi connectivity index (χ3v) is 3.61. The lowest BCUT2D eigenvalue weighted by molar-refractivity contribution is 0.687. The van der Waals surface area contributed by atoms with Crippen LogP contribution in [0.2, 0.25) is 0 Å². The fourth-order valence-corrected chi connectivity index (χ4v) is 2.12. The lowest BCUT2D eigenvalue weighted by Crippen LogP contribution is -2.15. The van der Waals surface area contributed by atoms with Gasteiger partial charge >= 0.3 is 0 Å². The molecule has 0 radical (unpaired) electrons. The number of nitrogens with zero attached hydrogens (tertiary/aromatic N) is 2. The third kappa shape index (κ3) is 2.31. The van der Waals surface area contributed by atoms with Gasteiger partial charge in [0.1, 0.15) is 0 Å². The molecule has 1 aromatic heterocycles. The average molecular weight is 241 g/mol. The summed E-state index contributed by atoms with van der Waals surface area (Å²) in [6.07, 6.45) is 4.57. The number of hydrogen-bond donors (Lipinski definition) is 1. The van der Waals surface area contributed by atoms with Gasteiger partial charge in [0.15, 0.2) is 0 Å². The van der Waals surface area contributed by atoms with Gasteiger partial charge in [0.05, 0.1) is 12.0 Å². The summed E-state index contributed by atoms with van der Waals surface area (Å²) >= 11 is 0. The molecule has 1 N–H and O–H groups in total. The summed E-state index contributed by atoms with van der Waals surface area (Å²) in [6.45, 7) is 5.12. The maximum Gasteiger partial charge on any atom is 0.0997 e.